The maximum atomic E-state index is 4.56. The third kappa shape index (κ3) is 2.16. The number of nitrogens with zero attached hydrogens (tertiary/aromatic N) is 3. The predicted octanol–water partition coefficient (Wildman–Crippen LogP) is 2.16. The lowest BCUT2D eigenvalue weighted by molar-refractivity contribution is 0.275. The zero-order valence-electron chi connectivity index (χ0n) is 10.9. The minimum Gasteiger partial charge on any atom is -0.302 e. The molecule has 0 atom stereocenters. The summed E-state index contributed by atoms with van der Waals surface area (Å²) in [5, 5.41) is 0. The number of hydrogen-bond donors (Lipinski definition) is 0. The minimum absolute atomic E-state index is 0.761. The maximum absolute atomic E-state index is 4.56. The van der Waals surface area contributed by atoms with Crippen LogP contribution in [0.2, 0.25) is 0 Å². The molecule has 3 nitrogen and oxygen atoms in total. The number of hydrogen-bond acceptors (Lipinski definition) is 3. The van der Waals surface area contributed by atoms with E-state index in [1.165, 1.54) is 68.7 Å². The van der Waals surface area contributed by atoms with Crippen LogP contribution in [0.15, 0.2) is 6.33 Å². The lowest BCUT2D eigenvalue weighted by Gasteiger charge is -2.18. The van der Waals surface area contributed by atoms with Crippen molar-refractivity contribution in [3.05, 3.63) is 23.3 Å². The van der Waals surface area contributed by atoms with Crippen LogP contribution in [0.3, 0.4) is 0 Å². The molecule has 3 aliphatic rings. The first kappa shape index (κ1) is 10.9. The molecule has 18 heavy (non-hydrogen) atoms. The molecule has 2 saturated carbocycles. The van der Waals surface area contributed by atoms with Gasteiger partial charge in [0, 0.05) is 37.7 Å². The quantitative estimate of drug-likeness (QED) is 0.814. The highest BCUT2D eigenvalue weighted by Gasteiger charge is 2.31. The average molecular weight is 243 g/mol. The summed E-state index contributed by atoms with van der Waals surface area (Å²) in [4.78, 5) is 11.8. The molecule has 0 N–H and O–H groups in total. The van der Waals surface area contributed by atoms with Gasteiger partial charge in [0.15, 0.2) is 0 Å². The molecule has 4 rings (SSSR count). The van der Waals surface area contributed by atoms with Gasteiger partial charge in [-0.05, 0) is 43.6 Å². The van der Waals surface area contributed by atoms with Crippen LogP contribution in [0.5, 0.6) is 0 Å². The second-order valence-corrected chi connectivity index (χ2v) is 6.20. The van der Waals surface area contributed by atoms with Gasteiger partial charge in [0.05, 0.1) is 5.69 Å². The molecule has 1 aliphatic heterocycles. The van der Waals surface area contributed by atoms with E-state index in [0.717, 1.165) is 18.3 Å². The summed E-state index contributed by atoms with van der Waals surface area (Å²) in [5.74, 6) is 1.76. The average Bonchev–Trinajstić information content (AvgIpc) is 3.26. The summed E-state index contributed by atoms with van der Waals surface area (Å²) >= 11 is 0. The van der Waals surface area contributed by atoms with Crippen LogP contribution < -0.4 is 0 Å². The topological polar surface area (TPSA) is 29.0 Å². The Labute approximate surface area is 109 Å². The van der Waals surface area contributed by atoms with Gasteiger partial charge in [-0.3, -0.25) is 0 Å². The standard InChI is InChI=1S/C15H21N3/c1-2-11(1)9-18-7-5-13-14(6-8-18)16-10-17-15(13)12-3-4-12/h10-12H,1-9H2. The van der Waals surface area contributed by atoms with Crippen LogP contribution in [0.25, 0.3) is 0 Å². The highest BCUT2D eigenvalue weighted by atomic mass is 15.1. The van der Waals surface area contributed by atoms with Crippen molar-refractivity contribution in [3.8, 4) is 0 Å². The van der Waals surface area contributed by atoms with Crippen molar-refractivity contribution in [3.63, 3.8) is 0 Å². The monoisotopic (exact) mass is 243 g/mol. The summed E-state index contributed by atoms with van der Waals surface area (Å²) in [6, 6.07) is 0. The van der Waals surface area contributed by atoms with E-state index in [-0.39, 0.29) is 0 Å². The van der Waals surface area contributed by atoms with Gasteiger partial charge in [-0.2, -0.15) is 0 Å². The molecule has 96 valence electrons. The van der Waals surface area contributed by atoms with Gasteiger partial charge >= 0.3 is 0 Å². The molecule has 0 unspecified atom stereocenters. The van der Waals surface area contributed by atoms with E-state index in [4.69, 9.17) is 0 Å². The molecule has 2 aliphatic carbocycles. The fraction of sp³-hybridized carbons (Fsp3) is 0.733. The van der Waals surface area contributed by atoms with E-state index in [2.05, 4.69) is 14.9 Å². The van der Waals surface area contributed by atoms with Crippen molar-refractivity contribution < 1.29 is 0 Å². The number of rotatable bonds is 3. The Morgan fingerprint density at radius 3 is 2.67 bits per heavy atom. The van der Waals surface area contributed by atoms with Crippen molar-refractivity contribution >= 4 is 0 Å². The Bertz CT molecular complexity index is 449. The molecule has 1 aromatic rings. The Morgan fingerprint density at radius 2 is 1.89 bits per heavy atom. The largest absolute Gasteiger partial charge is 0.302 e. The van der Waals surface area contributed by atoms with E-state index in [0.29, 0.717) is 0 Å². The smallest absolute Gasteiger partial charge is 0.115 e. The van der Waals surface area contributed by atoms with E-state index < -0.39 is 0 Å². The number of fused-ring (bicyclic) bond motifs is 1. The summed E-state index contributed by atoms with van der Waals surface area (Å²) in [6.07, 6.45) is 9.69. The Kier molecular flexibility index (Phi) is 2.61. The van der Waals surface area contributed by atoms with Gasteiger partial charge in [-0.1, -0.05) is 0 Å². The van der Waals surface area contributed by atoms with E-state index in [9.17, 15) is 0 Å². The second-order valence-electron chi connectivity index (χ2n) is 6.20. The second kappa shape index (κ2) is 4.30. The van der Waals surface area contributed by atoms with E-state index in [1.807, 2.05) is 0 Å². The van der Waals surface area contributed by atoms with Crippen molar-refractivity contribution in [1.29, 1.82) is 0 Å². The van der Waals surface area contributed by atoms with Gasteiger partial charge in [0.25, 0.3) is 0 Å². The predicted molar refractivity (Wildman–Crippen MR) is 70.6 cm³/mol. The fourth-order valence-electron chi connectivity index (χ4n) is 3.15. The molecule has 3 heteroatoms. The SMILES string of the molecule is c1nc2c(c(C3CC3)n1)CCN(CC1CC1)CC2. The third-order valence-electron chi connectivity index (χ3n) is 4.59. The van der Waals surface area contributed by atoms with Crippen LogP contribution in [0.1, 0.15) is 48.6 Å². The summed E-state index contributed by atoms with van der Waals surface area (Å²) in [6.45, 7) is 3.74. The zero-order valence-corrected chi connectivity index (χ0v) is 10.9. The molecule has 2 fully saturated rings. The Hall–Kier alpha value is -0.960. The first-order valence-corrected chi connectivity index (χ1v) is 7.45. The van der Waals surface area contributed by atoms with Crippen LogP contribution >= 0.6 is 0 Å². The van der Waals surface area contributed by atoms with Gasteiger partial charge in [-0.15, -0.1) is 0 Å². The summed E-state index contributed by atoms with van der Waals surface area (Å²) in [5.41, 5.74) is 4.22. The van der Waals surface area contributed by atoms with Crippen LogP contribution in [-0.4, -0.2) is 34.5 Å². The molecule has 0 spiro atoms. The molecule has 0 radical (unpaired) electrons. The van der Waals surface area contributed by atoms with Crippen LogP contribution in [0, 0.1) is 5.92 Å². The maximum Gasteiger partial charge on any atom is 0.115 e. The molecule has 2 heterocycles. The van der Waals surface area contributed by atoms with E-state index >= 15 is 0 Å². The molecular formula is C15H21N3. The first-order valence-electron chi connectivity index (χ1n) is 7.45. The molecule has 1 aromatic heterocycles. The van der Waals surface area contributed by atoms with Crippen molar-refractivity contribution in [2.75, 3.05) is 19.6 Å². The van der Waals surface area contributed by atoms with Gasteiger partial charge in [0.2, 0.25) is 0 Å². The lowest BCUT2D eigenvalue weighted by Crippen LogP contribution is -2.28. The van der Waals surface area contributed by atoms with E-state index in [1.54, 1.807) is 6.33 Å². The Morgan fingerprint density at radius 1 is 1.06 bits per heavy atom. The van der Waals surface area contributed by atoms with Crippen molar-refractivity contribution in [2.45, 2.75) is 44.4 Å². The normalized spacial score (nSPS) is 24.7. The Balaban J connectivity index is 1.54. The van der Waals surface area contributed by atoms with Crippen LogP contribution in [-0.2, 0) is 12.8 Å². The highest BCUT2D eigenvalue weighted by Crippen LogP contribution is 2.41. The van der Waals surface area contributed by atoms with Crippen molar-refractivity contribution in [2.24, 2.45) is 5.92 Å². The van der Waals surface area contributed by atoms with Gasteiger partial charge in [0.1, 0.15) is 6.33 Å². The highest BCUT2D eigenvalue weighted by molar-refractivity contribution is 5.31. The molecule has 0 aromatic carbocycles. The molecular weight excluding hydrogens is 222 g/mol. The summed E-state index contributed by atoms with van der Waals surface area (Å²) < 4.78 is 0. The first-order chi connectivity index (χ1) is 8.90. The molecule has 0 amide bonds. The zero-order chi connectivity index (χ0) is 11.9. The fourth-order valence-corrected chi connectivity index (χ4v) is 3.15. The minimum atomic E-state index is 0.761. The summed E-state index contributed by atoms with van der Waals surface area (Å²) in [7, 11) is 0. The van der Waals surface area contributed by atoms with Crippen molar-refractivity contribution in [1.82, 2.24) is 14.9 Å². The molecule has 0 bridgehead atoms. The van der Waals surface area contributed by atoms with Crippen LogP contribution in [0.4, 0.5) is 0 Å². The molecule has 0 saturated heterocycles. The van der Waals surface area contributed by atoms with Gasteiger partial charge in [-0.25, -0.2) is 9.97 Å². The third-order valence-corrected chi connectivity index (χ3v) is 4.59. The lowest BCUT2D eigenvalue weighted by atomic mass is 10.0. The number of aromatic nitrogens is 2. The van der Waals surface area contributed by atoms with Gasteiger partial charge < -0.3 is 4.90 Å².